The van der Waals surface area contributed by atoms with Crippen LogP contribution in [0.3, 0.4) is 0 Å². The number of aromatic nitrogens is 3. The lowest BCUT2D eigenvalue weighted by molar-refractivity contribution is -0.133. The van der Waals surface area contributed by atoms with Crippen LogP contribution in [-0.4, -0.2) is 38.7 Å². The molecule has 2 aromatic rings. The lowest BCUT2D eigenvalue weighted by Crippen LogP contribution is -2.45. The smallest absolute Gasteiger partial charge is 0.244 e. The van der Waals surface area contributed by atoms with Crippen LogP contribution >= 0.6 is 11.3 Å². The number of rotatable bonds is 3. The molecule has 112 valence electrons. The summed E-state index contributed by atoms with van der Waals surface area (Å²) in [6.45, 7) is 6.29. The van der Waals surface area contributed by atoms with Crippen molar-refractivity contribution in [2.45, 2.75) is 38.6 Å². The molecule has 1 aliphatic heterocycles. The van der Waals surface area contributed by atoms with Crippen molar-refractivity contribution in [1.82, 2.24) is 19.7 Å². The number of thiazole rings is 1. The molecule has 21 heavy (non-hydrogen) atoms. The molecule has 2 aromatic heterocycles. The van der Waals surface area contributed by atoms with Crippen LogP contribution in [0.15, 0.2) is 24.7 Å². The first-order valence-electron chi connectivity index (χ1n) is 7.25. The molecule has 0 unspecified atom stereocenters. The van der Waals surface area contributed by atoms with E-state index < -0.39 is 0 Å². The number of likely N-dealkylation sites (tertiary alicyclic amines) is 1. The number of aryl methyl sites for hydroxylation is 1. The molecule has 0 aromatic carbocycles. The van der Waals surface area contributed by atoms with Gasteiger partial charge in [-0.2, -0.15) is 5.10 Å². The molecule has 0 atom stereocenters. The van der Waals surface area contributed by atoms with Gasteiger partial charge < -0.3 is 4.90 Å². The summed E-state index contributed by atoms with van der Waals surface area (Å²) in [5, 5.41) is 5.30. The van der Waals surface area contributed by atoms with Crippen LogP contribution in [0, 0.1) is 6.92 Å². The number of nitrogens with zero attached hydrogens (tertiary/aromatic N) is 4. The molecule has 0 aliphatic carbocycles. The van der Waals surface area contributed by atoms with Crippen LogP contribution < -0.4 is 0 Å². The second-order valence-corrected chi connectivity index (χ2v) is 7.16. The van der Waals surface area contributed by atoms with Crippen molar-refractivity contribution >= 4 is 17.2 Å². The number of piperidine rings is 1. The average molecular weight is 304 g/mol. The zero-order chi connectivity index (χ0) is 14.9. The maximum Gasteiger partial charge on any atom is 0.244 e. The number of carbonyl (C=O) groups is 1. The van der Waals surface area contributed by atoms with Gasteiger partial charge in [0.2, 0.25) is 5.91 Å². The molecule has 1 aliphatic rings. The number of hydrogen-bond acceptors (Lipinski definition) is 4. The van der Waals surface area contributed by atoms with Gasteiger partial charge in [-0.05, 0) is 25.8 Å². The molecule has 0 radical (unpaired) electrons. The molecule has 0 bridgehead atoms. The van der Waals surface area contributed by atoms with Gasteiger partial charge in [0.15, 0.2) is 0 Å². The molecule has 1 amide bonds. The van der Waals surface area contributed by atoms with E-state index in [1.54, 1.807) is 22.2 Å². The zero-order valence-electron chi connectivity index (χ0n) is 12.5. The maximum atomic E-state index is 12.3. The summed E-state index contributed by atoms with van der Waals surface area (Å²) in [7, 11) is 0. The van der Waals surface area contributed by atoms with Crippen molar-refractivity contribution in [2.24, 2.45) is 0 Å². The summed E-state index contributed by atoms with van der Waals surface area (Å²) in [5.41, 5.74) is 0.113. The van der Waals surface area contributed by atoms with Crippen molar-refractivity contribution < 1.29 is 4.79 Å². The van der Waals surface area contributed by atoms with Gasteiger partial charge in [-0.15, -0.1) is 11.3 Å². The summed E-state index contributed by atoms with van der Waals surface area (Å²) in [6, 6.07) is 1.84. The first kappa shape index (κ1) is 14.3. The van der Waals surface area contributed by atoms with Crippen molar-refractivity contribution in [2.75, 3.05) is 13.1 Å². The zero-order valence-corrected chi connectivity index (χ0v) is 13.3. The van der Waals surface area contributed by atoms with Gasteiger partial charge in [0.1, 0.15) is 6.54 Å². The molecule has 1 saturated heterocycles. The second kappa shape index (κ2) is 5.60. The first-order chi connectivity index (χ1) is 10.1. The van der Waals surface area contributed by atoms with Gasteiger partial charge in [0.25, 0.3) is 0 Å². The third kappa shape index (κ3) is 3.00. The summed E-state index contributed by atoms with van der Waals surface area (Å²) in [5.74, 6) is 0.149. The van der Waals surface area contributed by atoms with Crippen LogP contribution in [0.25, 0.3) is 0 Å². The lowest BCUT2D eigenvalue weighted by Gasteiger charge is -2.38. The molecular weight excluding hydrogens is 284 g/mol. The van der Waals surface area contributed by atoms with Crippen molar-refractivity contribution in [1.29, 1.82) is 0 Å². The van der Waals surface area contributed by atoms with Gasteiger partial charge in [-0.25, -0.2) is 4.98 Å². The Hall–Kier alpha value is -1.69. The quantitative estimate of drug-likeness (QED) is 0.874. The summed E-state index contributed by atoms with van der Waals surface area (Å²) >= 11 is 1.78. The number of carbonyl (C=O) groups excluding carboxylic acids is 1. The van der Waals surface area contributed by atoms with Gasteiger partial charge >= 0.3 is 0 Å². The highest BCUT2D eigenvalue weighted by atomic mass is 32.1. The van der Waals surface area contributed by atoms with Crippen LogP contribution in [0.2, 0.25) is 0 Å². The molecule has 0 saturated carbocycles. The minimum atomic E-state index is 0.113. The molecule has 3 rings (SSSR count). The van der Waals surface area contributed by atoms with E-state index in [-0.39, 0.29) is 11.3 Å². The Morgan fingerprint density at radius 3 is 2.76 bits per heavy atom. The highest BCUT2D eigenvalue weighted by Crippen LogP contribution is 2.37. The molecule has 0 spiro atoms. The largest absolute Gasteiger partial charge is 0.341 e. The minimum absolute atomic E-state index is 0.113. The van der Waals surface area contributed by atoms with Gasteiger partial charge in [-0.3, -0.25) is 9.48 Å². The van der Waals surface area contributed by atoms with Gasteiger partial charge in [0, 0.05) is 42.0 Å². The van der Waals surface area contributed by atoms with Crippen molar-refractivity contribution in [3.8, 4) is 0 Å². The fourth-order valence-electron chi connectivity index (χ4n) is 2.73. The third-order valence-corrected chi connectivity index (χ3v) is 5.43. The monoisotopic (exact) mass is 304 g/mol. The standard InChI is InChI=1S/C15H20N4OS/c1-12-10-16-14(21-12)15(2)4-8-18(9-5-15)13(20)11-19-7-3-6-17-19/h3,6-7,10H,4-5,8-9,11H2,1-2H3. The van der Waals surface area contributed by atoms with E-state index in [4.69, 9.17) is 0 Å². The van der Waals surface area contributed by atoms with E-state index in [9.17, 15) is 4.79 Å². The Morgan fingerprint density at radius 1 is 1.43 bits per heavy atom. The van der Waals surface area contributed by atoms with E-state index >= 15 is 0 Å². The SMILES string of the molecule is Cc1cnc(C2(C)CCN(C(=O)Cn3cccn3)CC2)s1. The molecule has 6 heteroatoms. The number of hydrogen-bond donors (Lipinski definition) is 0. The Labute approximate surface area is 128 Å². The number of amides is 1. The molecular formula is C15H20N4OS. The Bertz CT molecular complexity index is 611. The van der Waals surface area contributed by atoms with E-state index in [1.165, 1.54) is 9.88 Å². The van der Waals surface area contributed by atoms with Crippen molar-refractivity contribution in [3.63, 3.8) is 0 Å². The topological polar surface area (TPSA) is 51.0 Å². The molecule has 1 fully saturated rings. The Morgan fingerprint density at radius 2 is 2.19 bits per heavy atom. The normalized spacial score (nSPS) is 17.9. The Kier molecular flexibility index (Phi) is 3.80. The average Bonchev–Trinajstić information content (AvgIpc) is 3.11. The summed E-state index contributed by atoms with van der Waals surface area (Å²) < 4.78 is 1.68. The summed E-state index contributed by atoms with van der Waals surface area (Å²) in [4.78, 5) is 20.0. The fraction of sp³-hybridized carbons (Fsp3) is 0.533. The van der Waals surface area contributed by atoms with E-state index in [0.717, 1.165) is 25.9 Å². The lowest BCUT2D eigenvalue weighted by atomic mass is 9.81. The third-order valence-electron chi connectivity index (χ3n) is 4.21. The first-order valence-corrected chi connectivity index (χ1v) is 8.07. The molecule has 3 heterocycles. The van der Waals surface area contributed by atoms with Gasteiger partial charge in [-0.1, -0.05) is 6.92 Å². The van der Waals surface area contributed by atoms with Crippen LogP contribution in [0.4, 0.5) is 0 Å². The highest BCUT2D eigenvalue weighted by molar-refractivity contribution is 7.11. The van der Waals surface area contributed by atoms with Crippen LogP contribution in [0.5, 0.6) is 0 Å². The minimum Gasteiger partial charge on any atom is -0.341 e. The summed E-state index contributed by atoms with van der Waals surface area (Å²) in [6.07, 6.45) is 7.42. The van der Waals surface area contributed by atoms with E-state index in [1.807, 2.05) is 23.4 Å². The maximum absolute atomic E-state index is 12.3. The molecule has 5 nitrogen and oxygen atoms in total. The predicted octanol–water partition coefficient (Wildman–Crippen LogP) is 2.23. The predicted molar refractivity (Wildman–Crippen MR) is 82.2 cm³/mol. The fourth-order valence-corrected chi connectivity index (χ4v) is 3.70. The highest BCUT2D eigenvalue weighted by Gasteiger charge is 2.35. The molecule has 0 N–H and O–H groups in total. The van der Waals surface area contributed by atoms with E-state index in [0.29, 0.717) is 6.54 Å². The van der Waals surface area contributed by atoms with Gasteiger partial charge in [0.05, 0.1) is 5.01 Å². The van der Waals surface area contributed by atoms with Crippen LogP contribution in [-0.2, 0) is 16.8 Å². The van der Waals surface area contributed by atoms with Crippen molar-refractivity contribution in [3.05, 3.63) is 34.5 Å². The second-order valence-electron chi connectivity index (χ2n) is 5.92. The van der Waals surface area contributed by atoms with Crippen LogP contribution in [0.1, 0.15) is 29.7 Å². The van der Waals surface area contributed by atoms with E-state index in [2.05, 4.69) is 23.9 Å². The Balaban J connectivity index is 1.61.